The third-order valence-corrected chi connectivity index (χ3v) is 5.12. The number of fused-ring (bicyclic) bond motifs is 1. The molecule has 0 spiro atoms. The number of nitrogens with two attached hydrogens (primary N) is 1. The van der Waals surface area contributed by atoms with Gasteiger partial charge in [0, 0.05) is 31.0 Å². The molecule has 0 aliphatic carbocycles. The minimum absolute atomic E-state index is 0. The maximum Gasteiger partial charge on any atom is 0.299 e. The van der Waals surface area contributed by atoms with Gasteiger partial charge in [-0.1, -0.05) is 6.07 Å². The van der Waals surface area contributed by atoms with Crippen LogP contribution in [0.1, 0.15) is 17.2 Å². The number of nitrogens with one attached hydrogen (secondary N) is 2. The van der Waals surface area contributed by atoms with Crippen molar-refractivity contribution in [1.82, 2.24) is 15.1 Å². The van der Waals surface area contributed by atoms with Crippen LogP contribution in [-0.2, 0) is 28.5 Å². The molecule has 1 aromatic carbocycles. The van der Waals surface area contributed by atoms with Crippen molar-refractivity contribution in [3.8, 4) is 0 Å². The molecule has 0 saturated heterocycles. The largest absolute Gasteiger partial charge is 0.324 e. The molecule has 0 radical (unpaired) electrons. The number of hydrogen-bond donors (Lipinski definition) is 3. The molecule has 1 atom stereocenters. The second-order valence-corrected chi connectivity index (χ2v) is 7.34. The molecule has 142 valence electrons. The Bertz CT molecular complexity index is 914. The predicted molar refractivity (Wildman–Crippen MR) is 101 cm³/mol. The van der Waals surface area contributed by atoms with Crippen molar-refractivity contribution in [3.63, 3.8) is 0 Å². The number of nitrogens with zero attached hydrogens (tertiary/aromatic N) is 3. The van der Waals surface area contributed by atoms with Crippen molar-refractivity contribution < 1.29 is 13.2 Å². The van der Waals surface area contributed by atoms with Gasteiger partial charge in [0.15, 0.2) is 0 Å². The summed E-state index contributed by atoms with van der Waals surface area (Å²) in [6, 6.07) is 4.60. The Labute approximate surface area is 158 Å². The van der Waals surface area contributed by atoms with Gasteiger partial charge in [0.1, 0.15) is 6.04 Å². The first-order valence-electron chi connectivity index (χ1n) is 7.69. The topological polar surface area (TPSA) is 122 Å². The van der Waals surface area contributed by atoms with Crippen LogP contribution in [0.2, 0.25) is 0 Å². The molecule has 3 rings (SSSR count). The number of amides is 1. The lowest BCUT2D eigenvalue weighted by Gasteiger charge is -2.18. The zero-order valence-electron chi connectivity index (χ0n) is 14.3. The highest BCUT2D eigenvalue weighted by atomic mass is 35.5. The summed E-state index contributed by atoms with van der Waals surface area (Å²) >= 11 is 0. The number of hydrogen-bond acceptors (Lipinski definition) is 5. The highest BCUT2D eigenvalue weighted by molar-refractivity contribution is 7.90. The first-order valence-corrected chi connectivity index (χ1v) is 9.20. The van der Waals surface area contributed by atoms with Crippen LogP contribution >= 0.6 is 12.4 Å². The van der Waals surface area contributed by atoms with Gasteiger partial charge in [0.25, 0.3) is 10.2 Å². The zero-order valence-corrected chi connectivity index (χ0v) is 16.0. The van der Waals surface area contributed by atoms with Crippen molar-refractivity contribution in [2.24, 2.45) is 12.2 Å². The molecular weight excluding hydrogens is 380 g/mol. The highest BCUT2D eigenvalue weighted by Gasteiger charge is 2.27. The number of benzene rings is 1. The smallest absolute Gasteiger partial charge is 0.299 e. The van der Waals surface area contributed by atoms with Crippen molar-refractivity contribution in [1.29, 1.82) is 0 Å². The van der Waals surface area contributed by atoms with E-state index in [-0.39, 0.29) is 18.3 Å². The fraction of sp³-hybridized carbons (Fsp3) is 0.333. The minimum atomic E-state index is -3.83. The average molecular weight is 401 g/mol. The number of carbonyl (C=O) groups excluding carboxylic acids is 1. The van der Waals surface area contributed by atoms with Gasteiger partial charge in [0.2, 0.25) is 5.91 Å². The maximum atomic E-state index is 12.6. The maximum absolute atomic E-state index is 12.6. The van der Waals surface area contributed by atoms with E-state index in [4.69, 9.17) is 5.14 Å². The van der Waals surface area contributed by atoms with Crippen LogP contribution in [0, 0.1) is 0 Å². The Morgan fingerprint density at radius 2 is 2.12 bits per heavy atom. The Morgan fingerprint density at radius 3 is 2.69 bits per heavy atom. The Morgan fingerprint density at radius 1 is 1.38 bits per heavy atom. The van der Waals surface area contributed by atoms with Crippen LogP contribution in [0.15, 0.2) is 30.6 Å². The molecule has 0 bridgehead atoms. The number of aryl methyl sites for hydroxylation is 1. The summed E-state index contributed by atoms with van der Waals surface area (Å²) in [6.45, 7) is 0.306. The summed E-state index contributed by atoms with van der Waals surface area (Å²) in [4.78, 5) is 12.6. The van der Waals surface area contributed by atoms with Gasteiger partial charge in [-0.15, -0.1) is 12.4 Å². The monoisotopic (exact) mass is 400 g/mol. The van der Waals surface area contributed by atoms with Crippen LogP contribution in [0.5, 0.6) is 0 Å². The first kappa shape index (κ1) is 20.2. The normalized spacial score (nSPS) is 14.5. The SMILES string of the molecule is CNC(C(=O)Nc1ccc2c(c1)N(S(N)(=O)=O)CC2)c1cnn(C)c1.Cl. The predicted octanol–water partition coefficient (Wildman–Crippen LogP) is 0.307. The number of halogens is 1. The van der Waals surface area contributed by atoms with Crippen LogP contribution in [-0.4, -0.2) is 37.7 Å². The van der Waals surface area contributed by atoms with E-state index in [1.54, 1.807) is 49.4 Å². The van der Waals surface area contributed by atoms with Crippen molar-refractivity contribution in [2.75, 3.05) is 23.2 Å². The van der Waals surface area contributed by atoms with Crippen molar-refractivity contribution in [2.45, 2.75) is 12.5 Å². The van der Waals surface area contributed by atoms with Gasteiger partial charge in [0.05, 0.1) is 11.9 Å². The summed E-state index contributed by atoms with van der Waals surface area (Å²) in [5.74, 6) is -0.268. The van der Waals surface area contributed by atoms with Gasteiger partial charge < -0.3 is 10.6 Å². The quantitative estimate of drug-likeness (QED) is 0.666. The van der Waals surface area contributed by atoms with E-state index in [1.807, 2.05) is 0 Å². The Hall–Kier alpha value is -2.14. The van der Waals surface area contributed by atoms with Gasteiger partial charge in [-0.2, -0.15) is 13.5 Å². The van der Waals surface area contributed by atoms with Gasteiger partial charge in [-0.25, -0.2) is 5.14 Å². The third-order valence-electron chi connectivity index (χ3n) is 4.12. The lowest BCUT2D eigenvalue weighted by Crippen LogP contribution is -2.35. The molecule has 11 heteroatoms. The van der Waals surface area contributed by atoms with E-state index >= 15 is 0 Å². The zero-order chi connectivity index (χ0) is 18.2. The first-order chi connectivity index (χ1) is 11.8. The summed E-state index contributed by atoms with van der Waals surface area (Å²) in [5.41, 5.74) is 2.62. The number of likely N-dealkylation sites (N-methyl/N-ethyl adjacent to an activating group) is 1. The standard InChI is InChI=1S/C15H20N6O3S.ClH/c1-17-14(11-8-18-20(2)9-11)15(22)19-12-4-3-10-5-6-21(13(10)7-12)25(16,23)24;/h3-4,7-9,14,17H,5-6H2,1-2H3,(H,19,22)(H2,16,23,24);1H. The van der Waals surface area contributed by atoms with Crippen LogP contribution < -0.4 is 20.1 Å². The fourth-order valence-electron chi connectivity index (χ4n) is 2.94. The molecule has 2 heterocycles. The number of carbonyl (C=O) groups is 1. The molecule has 9 nitrogen and oxygen atoms in total. The number of rotatable bonds is 5. The van der Waals surface area contributed by atoms with E-state index in [2.05, 4.69) is 15.7 Å². The second-order valence-electron chi connectivity index (χ2n) is 5.87. The van der Waals surface area contributed by atoms with Gasteiger partial charge in [-0.05, 0) is 31.2 Å². The van der Waals surface area contributed by atoms with Crippen LogP contribution in [0.4, 0.5) is 11.4 Å². The van der Waals surface area contributed by atoms with E-state index < -0.39 is 16.3 Å². The molecule has 0 saturated carbocycles. The molecule has 4 N–H and O–H groups in total. The molecule has 0 fully saturated rings. The van der Waals surface area contributed by atoms with Crippen LogP contribution in [0.3, 0.4) is 0 Å². The molecule has 1 aliphatic heterocycles. The van der Waals surface area contributed by atoms with Gasteiger partial charge >= 0.3 is 0 Å². The van der Waals surface area contributed by atoms with E-state index in [9.17, 15) is 13.2 Å². The highest BCUT2D eigenvalue weighted by Crippen LogP contribution is 2.32. The minimum Gasteiger partial charge on any atom is -0.324 e. The molecule has 1 aliphatic rings. The molecule has 26 heavy (non-hydrogen) atoms. The van der Waals surface area contributed by atoms with Gasteiger partial charge in [-0.3, -0.25) is 13.8 Å². The molecule has 1 aromatic heterocycles. The summed E-state index contributed by atoms with van der Waals surface area (Å²) in [6.07, 6.45) is 3.97. The second kappa shape index (κ2) is 7.62. The van der Waals surface area contributed by atoms with E-state index in [0.29, 0.717) is 24.3 Å². The molecule has 2 aromatic rings. The summed E-state index contributed by atoms with van der Waals surface area (Å²) in [5, 5.41) is 15.1. The summed E-state index contributed by atoms with van der Waals surface area (Å²) < 4.78 is 26.1. The van der Waals surface area contributed by atoms with E-state index in [0.717, 1.165) is 15.4 Å². The average Bonchev–Trinajstić information content (AvgIpc) is 3.13. The number of aromatic nitrogens is 2. The Balaban J connectivity index is 0.00000243. The van der Waals surface area contributed by atoms with E-state index in [1.165, 1.54) is 0 Å². The number of anilines is 2. The van der Waals surface area contributed by atoms with Crippen molar-refractivity contribution in [3.05, 3.63) is 41.7 Å². The lowest BCUT2D eigenvalue weighted by molar-refractivity contribution is -0.118. The summed E-state index contributed by atoms with van der Waals surface area (Å²) in [7, 11) is -0.368. The Kier molecular flexibility index (Phi) is 5.91. The molecule has 1 unspecified atom stereocenters. The molecular formula is C15H21ClN6O3S. The lowest BCUT2D eigenvalue weighted by atomic mass is 10.1. The van der Waals surface area contributed by atoms with Crippen LogP contribution in [0.25, 0.3) is 0 Å². The van der Waals surface area contributed by atoms with Crippen molar-refractivity contribution >= 4 is 39.9 Å². The fourth-order valence-corrected chi connectivity index (χ4v) is 3.73. The third kappa shape index (κ3) is 3.98. The molecule has 1 amide bonds.